The summed E-state index contributed by atoms with van der Waals surface area (Å²) in [5.41, 5.74) is -4.67. The third kappa shape index (κ3) is 6.42. The van der Waals surface area contributed by atoms with E-state index in [1.807, 2.05) is 13.8 Å². The fourth-order valence-electron chi connectivity index (χ4n) is 4.80. The molecule has 12 heteroatoms. The van der Waals surface area contributed by atoms with Crippen LogP contribution in [0.3, 0.4) is 0 Å². The number of nitriles is 4. The first kappa shape index (κ1) is 33.7. The first-order chi connectivity index (χ1) is 20.3. The van der Waals surface area contributed by atoms with Crippen LogP contribution in [0.5, 0.6) is 0 Å². The highest BCUT2D eigenvalue weighted by molar-refractivity contribution is 7.13. The Morgan fingerprint density at radius 1 is 0.651 bits per heavy atom. The lowest BCUT2D eigenvalue weighted by molar-refractivity contribution is -0.254. The van der Waals surface area contributed by atoms with Crippen LogP contribution in [0, 0.1) is 45.3 Å². The van der Waals surface area contributed by atoms with Gasteiger partial charge < -0.3 is 0 Å². The summed E-state index contributed by atoms with van der Waals surface area (Å²) in [7, 11) is 0. The summed E-state index contributed by atoms with van der Waals surface area (Å²) in [5.74, 6) is -16.3. The molecule has 0 N–H and O–H groups in total. The predicted molar refractivity (Wildman–Crippen MR) is 155 cm³/mol. The molecule has 0 bridgehead atoms. The summed E-state index contributed by atoms with van der Waals surface area (Å²) >= 11 is 1.76. The van der Waals surface area contributed by atoms with Crippen molar-refractivity contribution in [1.82, 2.24) is 0 Å². The molecule has 0 saturated heterocycles. The first-order valence-electron chi connectivity index (χ1n) is 13.5. The number of hydrogen-bond acceptors (Lipinski definition) is 6. The van der Waals surface area contributed by atoms with E-state index in [1.165, 1.54) is 0 Å². The summed E-state index contributed by atoms with van der Waals surface area (Å²) in [6.07, 6.45) is 6.26. The molecule has 2 aromatic heterocycles. The van der Waals surface area contributed by atoms with E-state index in [2.05, 4.69) is 0 Å². The quantitative estimate of drug-likeness (QED) is 0.132. The minimum absolute atomic E-state index is 0.116. The number of thiophene rings is 2. The Kier molecular flexibility index (Phi) is 10.7. The largest absolute Gasteiger partial charge is 0.380 e. The minimum Gasteiger partial charge on any atom is -0.194 e. The number of allylic oxidation sites excluding steroid dienone is 4. The zero-order chi connectivity index (χ0) is 32.0. The lowest BCUT2D eigenvalue weighted by Crippen LogP contribution is -2.49. The van der Waals surface area contributed by atoms with Gasteiger partial charge in [-0.15, -0.1) is 22.7 Å². The topological polar surface area (TPSA) is 95.2 Å². The summed E-state index contributed by atoms with van der Waals surface area (Å²) in [6, 6.07) is 8.70. The van der Waals surface area contributed by atoms with Crippen LogP contribution in [0.25, 0.3) is 23.3 Å². The highest BCUT2D eigenvalue weighted by atomic mass is 32.1. The predicted octanol–water partition coefficient (Wildman–Crippen LogP) is 9.97. The van der Waals surface area contributed by atoms with Crippen LogP contribution < -0.4 is 0 Å². The summed E-state index contributed by atoms with van der Waals surface area (Å²) in [6.45, 7) is 3.80. The summed E-state index contributed by atoms with van der Waals surface area (Å²) in [5, 5.41) is 36.7. The zero-order valence-electron chi connectivity index (χ0n) is 23.3. The van der Waals surface area contributed by atoms with Gasteiger partial charge in [-0.3, -0.25) is 0 Å². The Labute approximate surface area is 254 Å². The lowest BCUT2D eigenvalue weighted by atomic mass is 9.93. The van der Waals surface area contributed by atoms with Gasteiger partial charge in [0.05, 0.1) is 0 Å². The monoisotopic (exact) mass is 632 g/mol. The van der Waals surface area contributed by atoms with Crippen LogP contribution >= 0.6 is 22.7 Å². The second-order valence-electron chi connectivity index (χ2n) is 9.92. The molecular weight excluding hydrogens is 606 g/mol. The van der Waals surface area contributed by atoms with Crippen LogP contribution in [-0.4, -0.2) is 17.8 Å². The van der Waals surface area contributed by atoms with Crippen LogP contribution in [0.15, 0.2) is 23.3 Å². The smallest absolute Gasteiger partial charge is 0.194 e. The van der Waals surface area contributed by atoms with E-state index < -0.39 is 40.0 Å². The molecule has 0 radical (unpaired) electrons. The van der Waals surface area contributed by atoms with Gasteiger partial charge in [-0.1, -0.05) is 39.5 Å². The van der Waals surface area contributed by atoms with Crippen molar-refractivity contribution in [2.24, 2.45) is 0 Å². The van der Waals surface area contributed by atoms with E-state index in [-0.39, 0.29) is 43.5 Å². The number of aryl methyl sites for hydroxylation is 2. The van der Waals surface area contributed by atoms with Crippen molar-refractivity contribution in [3.8, 4) is 24.3 Å². The molecule has 0 unspecified atom stereocenters. The number of hydrogen-bond donors (Lipinski definition) is 0. The number of nitrogens with zero attached hydrogens (tertiary/aromatic N) is 4. The highest BCUT2D eigenvalue weighted by Gasteiger charge is 2.80. The van der Waals surface area contributed by atoms with Crippen molar-refractivity contribution in [3.63, 3.8) is 0 Å². The SMILES string of the molecule is CCCCCc1sc(C=C(C#N)C#N)cc1C1=C(c2cc(C=C(C#N)C#N)sc2CCCCC)C(F)(F)C(F)(F)C1(F)F. The maximum absolute atomic E-state index is 15.7. The third-order valence-electron chi connectivity index (χ3n) is 6.93. The average Bonchev–Trinajstić information content (AvgIpc) is 3.58. The van der Waals surface area contributed by atoms with Crippen molar-refractivity contribution in [3.05, 3.63) is 53.9 Å². The van der Waals surface area contributed by atoms with Gasteiger partial charge in [0.25, 0.3) is 0 Å². The number of rotatable bonds is 12. The Bertz CT molecular complexity index is 1480. The molecule has 3 rings (SSSR count). The molecule has 0 amide bonds. The molecule has 0 aliphatic heterocycles. The van der Waals surface area contributed by atoms with Crippen LogP contribution in [0.4, 0.5) is 26.3 Å². The molecular formula is C31H26F6N4S2. The molecule has 224 valence electrons. The Hall–Kier alpha value is -3.84. The Morgan fingerprint density at radius 3 is 1.30 bits per heavy atom. The number of unbranched alkanes of at least 4 members (excludes halogenated alkanes) is 4. The van der Waals surface area contributed by atoms with E-state index >= 15 is 26.3 Å². The molecule has 0 aromatic carbocycles. The van der Waals surface area contributed by atoms with E-state index in [0.29, 0.717) is 25.7 Å². The second kappa shape index (κ2) is 13.6. The molecule has 0 atom stereocenters. The van der Waals surface area contributed by atoms with Crippen molar-refractivity contribution < 1.29 is 26.3 Å². The summed E-state index contributed by atoms with van der Waals surface area (Å²) < 4.78 is 93.3. The molecule has 0 saturated carbocycles. The van der Waals surface area contributed by atoms with Crippen molar-refractivity contribution >= 4 is 46.0 Å². The van der Waals surface area contributed by atoms with E-state index in [4.69, 9.17) is 0 Å². The first-order valence-corrected chi connectivity index (χ1v) is 15.2. The van der Waals surface area contributed by atoms with E-state index in [1.54, 1.807) is 24.3 Å². The Morgan fingerprint density at radius 2 is 1.00 bits per heavy atom. The normalized spacial score (nSPS) is 16.1. The van der Waals surface area contributed by atoms with Gasteiger partial charge in [-0.25, -0.2) is 0 Å². The zero-order valence-corrected chi connectivity index (χ0v) is 25.0. The molecule has 1 aliphatic rings. The van der Waals surface area contributed by atoms with Crippen molar-refractivity contribution in [1.29, 1.82) is 21.0 Å². The van der Waals surface area contributed by atoms with Gasteiger partial charge in [0.15, 0.2) is 0 Å². The van der Waals surface area contributed by atoms with Crippen LogP contribution in [0.2, 0.25) is 0 Å². The van der Waals surface area contributed by atoms with E-state index in [0.717, 1.165) is 59.8 Å². The maximum Gasteiger partial charge on any atom is 0.380 e. The second-order valence-corrected chi connectivity index (χ2v) is 12.3. The van der Waals surface area contributed by atoms with Gasteiger partial charge in [0.2, 0.25) is 0 Å². The van der Waals surface area contributed by atoms with Crippen LogP contribution in [-0.2, 0) is 12.8 Å². The molecule has 2 aromatic rings. The van der Waals surface area contributed by atoms with Crippen molar-refractivity contribution in [2.75, 3.05) is 0 Å². The lowest BCUT2D eigenvalue weighted by Gasteiger charge is -2.26. The number of halogens is 6. The summed E-state index contributed by atoms with van der Waals surface area (Å²) in [4.78, 5) is 0.556. The third-order valence-corrected chi connectivity index (χ3v) is 9.21. The minimum atomic E-state index is -5.77. The van der Waals surface area contributed by atoms with Crippen LogP contribution in [0.1, 0.15) is 83.0 Å². The fraction of sp³-hybridized carbons (Fsp3) is 0.419. The molecule has 1 aliphatic carbocycles. The van der Waals surface area contributed by atoms with Gasteiger partial charge in [0.1, 0.15) is 35.4 Å². The maximum atomic E-state index is 15.7. The van der Waals surface area contributed by atoms with Gasteiger partial charge in [-0.2, -0.15) is 47.4 Å². The van der Waals surface area contributed by atoms with Gasteiger partial charge in [0, 0.05) is 30.7 Å². The fourth-order valence-corrected chi connectivity index (χ4v) is 7.11. The average molecular weight is 633 g/mol. The molecule has 0 fully saturated rings. The molecule has 2 heterocycles. The Balaban J connectivity index is 2.45. The number of alkyl halides is 6. The van der Waals surface area contributed by atoms with Gasteiger partial charge >= 0.3 is 17.8 Å². The van der Waals surface area contributed by atoms with E-state index in [9.17, 15) is 21.0 Å². The molecule has 0 spiro atoms. The molecule has 43 heavy (non-hydrogen) atoms. The highest BCUT2D eigenvalue weighted by Crippen LogP contribution is 2.66. The van der Waals surface area contributed by atoms with Crippen molar-refractivity contribution in [2.45, 2.75) is 83.0 Å². The van der Waals surface area contributed by atoms with Gasteiger partial charge in [-0.05, 0) is 61.1 Å². The molecule has 4 nitrogen and oxygen atoms in total. The standard InChI is InChI=1S/C31H26F6N4S2/c1-3-5-7-9-25-23(13-21(42-25)11-19(15-38)16-39)27-28(30(34,35)31(36,37)29(27,32)33)24-14-22(12-20(17-40)18-41)43-26(24)10-8-6-4-2/h11-14H,3-10H2,1-2H3.